The van der Waals surface area contributed by atoms with Crippen LogP contribution in [0.25, 0.3) is 11.8 Å². The van der Waals surface area contributed by atoms with Gasteiger partial charge < -0.3 is 4.42 Å². The van der Waals surface area contributed by atoms with Crippen LogP contribution < -0.4 is 10.1 Å². The number of carbonyl (C=O) groups excluding carboxylic acids is 2. The molecule has 4 rings (SSSR count). The molecule has 2 aromatic carbocycles. The number of hydrogen-bond acceptors (Lipinski definition) is 5. The summed E-state index contributed by atoms with van der Waals surface area (Å²) in [6.45, 7) is 1.82. The average Bonchev–Trinajstić information content (AvgIpc) is 3.28. The van der Waals surface area contributed by atoms with Gasteiger partial charge in [-0.1, -0.05) is 48.0 Å². The van der Waals surface area contributed by atoms with E-state index in [2.05, 4.69) is 5.43 Å². The normalized spacial score (nSPS) is 15.3. The fraction of sp³-hybridized carbons (Fsp3) is 0.0435. The van der Waals surface area contributed by atoms with Crippen molar-refractivity contribution in [2.45, 2.75) is 11.8 Å². The molecule has 0 unspecified atom stereocenters. The van der Waals surface area contributed by atoms with E-state index >= 15 is 0 Å². The molecular formula is C23H19N3O5S. The van der Waals surface area contributed by atoms with Crippen LogP contribution in [0.1, 0.15) is 16.9 Å². The van der Waals surface area contributed by atoms with Crippen LogP contribution in [0, 0.1) is 6.92 Å². The molecule has 3 aromatic rings. The van der Waals surface area contributed by atoms with E-state index in [-0.39, 0.29) is 10.5 Å². The summed E-state index contributed by atoms with van der Waals surface area (Å²) in [5.41, 5.74) is 4.46. The van der Waals surface area contributed by atoms with Gasteiger partial charge in [0.15, 0.2) is 0 Å². The van der Waals surface area contributed by atoms with Crippen LogP contribution in [-0.4, -0.2) is 25.4 Å². The summed E-state index contributed by atoms with van der Waals surface area (Å²) in [5.74, 6) is -0.136. The number of nitrogens with one attached hydrogen (secondary N) is 2. The Morgan fingerprint density at radius 3 is 2.41 bits per heavy atom. The lowest BCUT2D eigenvalue weighted by atomic mass is 10.1. The highest BCUT2D eigenvalue weighted by molar-refractivity contribution is 7.90. The largest absolute Gasteiger partial charge is 0.465 e. The number of carbonyl (C=O) groups is 2. The summed E-state index contributed by atoms with van der Waals surface area (Å²) in [6.07, 6.45) is 4.50. The molecule has 2 N–H and O–H groups in total. The maximum atomic E-state index is 12.9. The standard InChI is InChI=1S/C23H19N3O5S/c1-16-9-11-20(12-10-16)32(29,30)25-23(28)26-21(17-6-3-2-4-7-17)15-18(22(27)24-26)14-19-8-5-13-31-19/h2-15H,1H3,(H,24,27)(H,25,28)/b18-14+. The van der Waals surface area contributed by atoms with Crippen molar-refractivity contribution in [2.24, 2.45) is 0 Å². The smallest absolute Gasteiger partial charge is 0.354 e. The Bertz CT molecular complexity index is 1310. The Balaban J connectivity index is 1.69. The van der Waals surface area contributed by atoms with Gasteiger partial charge in [-0.05, 0) is 43.3 Å². The number of aryl methyl sites for hydroxylation is 1. The summed E-state index contributed by atoms with van der Waals surface area (Å²) < 4.78 is 32.6. The Labute approximate surface area is 184 Å². The van der Waals surface area contributed by atoms with Gasteiger partial charge in [0, 0.05) is 11.1 Å². The Morgan fingerprint density at radius 1 is 1.03 bits per heavy atom. The van der Waals surface area contributed by atoms with Crippen LogP contribution in [0.15, 0.2) is 94.0 Å². The second kappa shape index (κ2) is 8.56. The van der Waals surface area contributed by atoms with Gasteiger partial charge in [0.25, 0.3) is 15.9 Å². The van der Waals surface area contributed by atoms with Crippen molar-refractivity contribution in [3.05, 3.63) is 102 Å². The molecule has 9 heteroatoms. The zero-order chi connectivity index (χ0) is 22.7. The highest BCUT2D eigenvalue weighted by Crippen LogP contribution is 2.25. The van der Waals surface area contributed by atoms with E-state index in [1.54, 1.807) is 54.6 Å². The van der Waals surface area contributed by atoms with E-state index < -0.39 is 22.0 Å². The van der Waals surface area contributed by atoms with E-state index in [0.717, 1.165) is 10.6 Å². The van der Waals surface area contributed by atoms with Crippen molar-refractivity contribution in [3.63, 3.8) is 0 Å². The third kappa shape index (κ3) is 4.47. The van der Waals surface area contributed by atoms with Gasteiger partial charge >= 0.3 is 6.03 Å². The van der Waals surface area contributed by atoms with Crippen molar-refractivity contribution >= 4 is 33.7 Å². The van der Waals surface area contributed by atoms with E-state index in [0.29, 0.717) is 17.0 Å². The molecule has 1 aliphatic heterocycles. The number of urea groups is 1. The van der Waals surface area contributed by atoms with Gasteiger partial charge in [0.05, 0.1) is 16.9 Å². The lowest BCUT2D eigenvalue weighted by Crippen LogP contribution is -2.52. The first kappa shape index (κ1) is 21.1. The molecule has 0 saturated carbocycles. The zero-order valence-corrected chi connectivity index (χ0v) is 17.8. The first-order valence-corrected chi connectivity index (χ1v) is 11.1. The van der Waals surface area contributed by atoms with Crippen molar-refractivity contribution in [1.82, 2.24) is 15.2 Å². The van der Waals surface area contributed by atoms with E-state index in [9.17, 15) is 18.0 Å². The monoisotopic (exact) mass is 449 g/mol. The fourth-order valence-electron chi connectivity index (χ4n) is 3.06. The highest BCUT2D eigenvalue weighted by Gasteiger charge is 2.31. The molecule has 0 radical (unpaired) electrons. The Hall–Kier alpha value is -4.11. The molecule has 1 aliphatic rings. The number of amides is 3. The first-order valence-electron chi connectivity index (χ1n) is 9.60. The number of nitrogens with zero attached hydrogens (tertiary/aromatic N) is 1. The predicted molar refractivity (Wildman–Crippen MR) is 118 cm³/mol. The molecule has 0 bridgehead atoms. The fourth-order valence-corrected chi connectivity index (χ4v) is 3.99. The van der Waals surface area contributed by atoms with Crippen molar-refractivity contribution in [2.75, 3.05) is 0 Å². The van der Waals surface area contributed by atoms with Crippen molar-refractivity contribution < 1.29 is 22.4 Å². The topological polar surface area (TPSA) is 109 Å². The molecule has 0 atom stereocenters. The number of furan rings is 1. The van der Waals surface area contributed by atoms with Gasteiger partial charge in [0.1, 0.15) is 5.76 Å². The maximum absolute atomic E-state index is 12.9. The van der Waals surface area contributed by atoms with E-state index in [4.69, 9.17) is 4.42 Å². The van der Waals surface area contributed by atoms with Crippen LogP contribution in [0.2, 0.25) is 0 Å². The van der Waals surface area contributed by atoms with Crippen LogP contribution in [0.5, 0.6) is 0 Å². The molecule has 1 aromatic heterocycles. The minimum absolute atomic E-state index is 0.0663. The molecule has 0 spiro atoms. The van der Waals surface area contributed by atoms with Crippen LogP contribution >= 0.6 is 0 Å². The number of hydrogen-bond donors (Lipinski definition) is 2. The Morgan fingerprint density at radius 2 is 1.75 bits per heavy atom. The molecule has 162 valence electrons. The van der Waals surface area contributed by atoms with Gasteiger partial charge in [-0.3, -0.25) is 10.2 Å². The second-order valence-electron chi connectivity index (χ2n) is 7.01. The lowest BCUT2D eigenvalue weighted by Gasteiger charge is -2.30. The number of rotatable bonds is 4. The summed E-state index contributed by atoms with van der Waals surface area (Å²) in [7, 11) is -4.15. The van der Waals surface area contributed by atoms with Gasteiger partial charge in [-0.15, -0.1) is 0 Å². The van der Waals surface area contributed by atoms with E-state index in [1.807, 2.05) is 11.6 Å². The molecule has 0 saturated heterocycles. The number of benzene rings is 2. The number of hydrazine groups is 1. The minimum atomic E-state index is -4.15. The van der Waals surface area contributed by atoms with Crippen LogP contribution in [0.4, 0.5) is 4.79 Å². The van der Waals surface area contributed by atoms with Gasteiger partial charge in [-0.2, -0.15) is 0 Å². The third-order valence-electron chi connectivity index (χ3n) is 4.68. The molecule has 0 aliphatic carbocycles. The number of sulfonamides is 1. The predicted octanol–water partition coefficient (Wildman–Crippen LogP) is 3.46. The minimum Gasteiger partial charge on any atom is -0.465 e. The van der Waals surface area contributed by atoms with E-state index in [1.165, 1.54) is 30.5 Å². The summed E-state index contributed by atoms with van der Waals surface area (Å²) >= 11 is 0. The average molecular weight is 449 g/mol. The van der Waals surface area contributed by atoms with Crippen molar-refractivity contribution in [1.29, 1.82) is 0 Å². The molecule has 3 amide bonds. The molecule has 32 heavy (non-hydrogen) atoms. The Kier molecular flexibility index (Phi) is 5.65. The second-order valence-corrected chi connectivity index (χ2v) is 8.69. The molecule has 8 nitrogen and oxygen atoms in total. The van der Waals surface area contributed by atoms with Crippen LogP contribution in [0.3, 0.4) is 0 Å². The summed E-state index contributed by atoms with van der Waals surface area (Å²) in [5, 5.41) is 0.878. The summed E-state index contributed by atoms with van der Waals surface area (Å²) in [6, 6.07) is 17.2. The molecular weight excluding hydrogens is 430 g/mol. The quantitative estimate of drug-likeness (QED) is 0.593. The highest BCUT2D eigenvalue weighted by atomic mass is 32.2. The van der Waals surface area contributed by atoms with Gasteiger partial charge in [-0.25, -0.2) is 22.9 Å². The molecule has 2 heterocycles. The molecule has 0 fully saturated rings. The van der Waals surface area contributed by atoms with Crippen LogP contribution in [-0.2, 0) is 14.8 Å². The first-order chi connectivity index (χ1) is 15.3. The van der Waals surface area contributed by atoms with Gasteiger partial charge in [0.2, 0.25) is 0 Å². The van der Waals surface area contributed by atoms with Crippen molar-refractivity contribution in [3.8, 4) is 0 Å². The third-order valence-corrected chi connectivity index (χ3v) is 6.01. The maximum Gasteiger partial charge on any atom is 0.354 e. The lowest BCUT2D eigenvalue weighted by molar-refractivity contribution is -0.120. The zero-order valence-electron chi connectivity index (χ0n) is 17.0. The SMILES string of the molecule is Cc1ccc(S(=O)(=O)NC(=O)N2NC(=O)/C(=C/c3ccco3)C=C2c2ccccc2)cc1. The summed E-state index contributed by atoms with van der Waals surface area (Å²) in [4.78, 5) is 25.5.